The smallest absolute Gasteiger partial charge is 0.323 e. The predicted octanol–water partition coefficient (Wildman–Crippen LogP) is 2.81. The number of hydrogen-bond acceptors (Lipinski definition) is 3. The maximum Gasteiger partial charge on any atom is 0.323 e. The molecule has 3 nitrogen and oxygen atoms in total. The lowest BCUT2D eigenvalue weighted by atomic mass is 10.0. The van der Waals surface area contributed by atoms with Gasteiger partial charge in [0.25, 0.3) is 0 Å². The van der Waals surface area contributed by atoms with Gasteiger partial charge in [-0.3, -0.25) is 10.1 Å². The van der Waals surface area contributed by atoms with Crippen molar-refractivity contribution in [3.05, 3.63) is 35.4 Å². The molecule has 1 aromatic carbocycles. The largest absolute Gasteiger partial charge is 0.468 e. The van der Waals surface area contributed by atoms with Gasteiger partial charge in [0.15, 0.2) is 11.6 Å². The molecule has 0 fully saturated rings. The lowest BCUT2D eigenvalue weighted by molar-refractivity contribution is -0.144. The van der Waals surface area contributed by atoms with E-state index in [9.17, 15) is 13.6 Å². The second-order valence-corrected chi connectivity index (χ2v) is 4.78. The average Bonchev–Trinajstić information content (AvgIpc) is 2.37. The number of ether oxygens (including phenoxy) is 1. The maximum atomic E-state index is 13.7. The van der Waals surface area contributed by atoms with Gasteiger partial charge in [0.2, 0.25) is 0 Å². The molecule has 0 radical (unpaired) electrons. The molecule has 1 rings (SSSR count). The standard InChI is InChI=1S/C14H19F2NO2/c1-8(2)13(14(18)19-4)17-9(3)10-6-5-7-11(15)12(10)16/h5-9,13,17H,1-4H3/t9?,13-/m0/s1. The van der Waals surface area contributed by atoms with Crippen LogP contribution in [0.5, 0.6) is 0 Å². The molecule has 0 aliphatic heterocycles. The molecule has 2 atom stereocenters. The van der Waals surface area contributed by atoms with Gasteiger partial charge in [-0.15, -0.1) is 0 Å². The van der Waals surface area contributed by atoms with E-state index in [1.54, 1.807) is 6.92 Å². The molecule has 0 saturated heterocycles. The summed E-state index contributed by atoms with van der Waals surface area (Å²) >= 11 is 0. The molecule has 0 aliphatic carbocycles. The Bertz CT molecular complexity index is 449. The number of benzene rings is 1. The molecule has 0 bridgehead atoms. The zero-order valence-corrected chi connectivity index (χ0v) is 11.5. The Balaban J connectivity index is 2.91. The van der Waals surface area contributed by atoms with Crippen LogP contribution < -0.4 is 5.32 Å². The highest BCUT2D eigenvalue weighted by atomic mass is 19.2. The number of carbonyl (C=O) groups is 1. The first-order valence-electron chi connectivity index (χ1n) is 6.16. The molecule has 0 aromatic heterocycles. The van der Waals surface area contributed by atoms with E-state index in [-0.39, 0.29) is 11.5 Å². The molecule has 0 amide bonds. The Morgan fingerprint density at radius 3 is 2.42 bits per heavy atom. The molecule has 0 aliphatic rings. The summed E-state index contributed by atoms with van der Waals surface area (Å²) in [4.78, 5) is 11.6. The third-order valence-corrected chi connectivity index (χ3v) is 3.00. The van der Waals surface area contributed by atoms with Gasteiger partial charge >= 0.3 is 5.97 Å². The average molecular weight is 271 g/mol. The van der Waals surface area contributed by atoms with Crippen LogP contribution in [0, 0.1) is 17.6 Å². The van der Waals surface area contributed by atoms with Gasteiger partial charge in [0.1, 0.15) is 6.04 Å². The lowest BCUT2D eigenvalue weighted by Crippen LogP contribution is -2.43. The first kappa shape index (κ1) is 15.6. The highest BCUT2D eigenvalue weighted by Crippen LogP contribution is 2.20. The molecule has 106 valence electrons. The van der Waals surface area contributed by atoms with Gasteiger partial charge in [-0.25, -0.2) is 8.78 Å². The fourth-order valence-corrected chi connectivity index (χ4v) is 1.87. The van der Waals surface area contributed by atoms with Crippen LogP contribution in [-0.2, 0) is 9.53 Å². The van der Waals surface area contributed by atoms with Crippen molar-refractivity contribution in [2.45, 2.75) is 32.9 Å². The third kappa shape index (κ3) is 3.73. The van der Waals surface area contributed by atoms with Crippen molar-refractivity contribution in [1.29, 1.82) is 0 Å². The topological polar surface area (TPSA) is 38.3 Å². The van der Waals surface area contributed by atoms with Crippen LogP contribution in [0.1, 0.15) is 32.4 Å². The minimum Gasteiger partial charge on any atom is -0.468 e. The second kappa shape index (κ2) is 6.61. The Labute approximate surface area is 112 Å². The predicted molar refractivity (Wildman–Crippen MR) is 68.6 cm³/mol. The molecular formula is C14H19F2NO2. The van der Waals surface area contributed by atoms with Crippen molar-refractivity contribution in [3.63, 3.8) is 0 Å². The Morgan fingerprint density at radius 1 is 1.26 bits per heavy atom. The van der Waals surface area contributed by atoms with E-state index in [4.69, 9.17) is 4.74 Å². The normalized spacial score (nSPS) is 14.3. The minimum absolute atomic E-state index is 0.0217. The molecule has 0 spiro atoms. The summed E-state index contributed by atoms with van der Waals surface area (Å²) < 4.78 is 31.5. The van der Waals surface area contributed by atoms with E-state index < -0.39 is 29.7 Å². The fourth-order valence-electron chi connectivity index (χ4n) is 1.87. The quantitative estimate of drug-likeness (QED) is 0.837. The van der Waals surface area contributed by atoms with Gasteiger partial charge in [-0.1, -0.05) is 26.0 Å². The number of halogens is 2. The summed E-state index contributed by atoms with van der Waals surface area (Å²) in [6, 6.07) is 2.93. The molecule has 1 unspecified atom stereocenters. The SMILES string of the molecule is COC(=O)[C@@H](NC(C)c1cccc(F)c1F)C(C)C. The Kier molecular flexibility index (Phi) is 5.42. The molecule has 0 heterocycles. The van der Waals surface area contributed by atoms with Crippen molar-refractivity contribution < 1.29 is 18.3 Å². The van der Waals surface area contributed by atoms with E-state index >= 15 is 0 Å². The van der Waals surface area contributed by atoms with E-state index in [0.717, 1.165) is 6.07 Å². The molecule has 19 heavy (non-hydrogen) atoms. The highest BCUT2D eigenvalue weighted by molar-refractivity contribution is 5.76. The van der Waals surface area contributed by atoms with Crippen LogP contribution in [0.3, 0.4) is 0 Å². The number of carbonyl (C=O) groups excluding carboxylic acids is 1. The van der Waals surface area contributed by atoms with E-state index in [1.165, 1.54) is 19.2 Å². The van der Waals surface area contributed by atoms with Crippen LogP contribution in [0.25, 0.3) is 0 Å². The van der Waals surface area contributed by atoms with E-state index in [2.05, 4.69) is 5.32 Å². The Hall–Kier alpha value is -1.49. The van der Waals surface area contributed by atoms with E-state index in [0.29, 0.717) is 0 Å². The minimum atomic E-state index is -0.898. The number of rotatable bonds is 5. The lowest BCUT2D eigenvalue weighted by Gasteiger charge is -2.24. The number of methoxy groups -OCH3 is 1. The summed E-state index contributed by atoms with van der Waals surface area (Å²) in [5, 5.41) is 2.97. The third-order valence-electron chi connectivity index (χ3n) is 3.00. The summed E-state index contributed by atoms with van der Waals surface area (Å²) in [7, 11) is 1.30. The summed E-state index contributed by atoms with van der Waals surface area (Å²) in [5.74, 6) is -2.23. The van der Waals surface area contributed by atoms with E-state index in [1.807, 2.05) is 13.8 Å². The van der Waals surface area contributed by atoms with Crippen LogP contribution in [0.4, 0.5) is 8.78 Å². The molecule has 1 N–H and O–H groups in total. The van der Waals surface area contributed by atoms with Gasteiger partial charge < -0.3 is 4.74 Å². The number of nitrogens with one attached hydrogen (secondary N) is 1. The maximum absolute atomic E-state index is 13.7. The summed E-state index contributed by atoms with van der Waals surface area (Å²) in [5.41, 5.74) is 0.189. The monoisotopic (exact) mass is 271 g/mol. The van der Waals surface area contributed by atoms with Crippen molar-refractivity contribution in [3.8, 4) is 0 Å². The van der Waals surface area contributed by atoms with Crippen LogP contribution in [-0.4, -0.2) is 19.1 Å². The van der Waals surface area contributed by atoms with Gasteiger partial charge in [-0.05, 0) is 18.9 Å². The first-order chi connectivity index (χ1) is 8.88. The zero-order valence-electron chi connectivity index (χ0n) is 11.5. The highest BCUT2D eigenvalue weighted by Gasteiger charge is 2.26. The number of esters is 1. The molecule has 5 heteroatoms. The molecule has 0 saturated carbocycles. The van der Waals surface area contributed by atoms with Crippen molar-refractivity contribution in [2.75, 3.05) is 7.11 Å². The fraction of sp³-hybridized carbons (Fsp3) is 0.500. The number of hydrogen-bond donors (Lipinski definition) is 1. The second-order valence-electron chi connectivity index (χ2n) is 4.78. The van der Waals surface area contributed by atoms with Crippen molar-refractivity contribution in [1.82, 2.24) is 5.32 Å². The van der Waals surface area contributed by atoms with Crippen molar-refractivity contribution in [2.24, 2.45) is 5.92 Å². The molecular weight excluding hydrogens is 252 g/mol. The van der Waals surface area contributed by atoms with Gasteiger partial charge in [0.05, 0.1) is 7.11 Å². The van der Waals surface area contributed by atoms with Crippen LogP contribution in [0.15, 0.2) is 18.2 Å². The zero-order chi connectivity index (χ0) is 14.6. The van der Waals surface area contributed by atoms with Gasteiger partial charge in [-0.2, -0.15) is 0 Å². The van der Waals surface area contributed by atoms with Gasteiger partial charge in [0, 0.05) is 11.6 Å². The van der Waals surface area contributed by atoms with Crippen LogP contribution >= 0.6 is 0 Å². The van der Waals surface area contributed by atoms with Crippen molar-refractivity contribution >= 4 is 5.97 Å². The first-order valence-corrected chi connectivity index (χ1v) is 6.16. The Morgan fingerprint density at radius 2 is 1.89 bits per heavy atom. The van der Waals surface area contributed by atoms with Crippen LogP contribution in [0.2, 0.25) is 0 Å². The summed E-state index contributed by atoms with van der Waals surface area (Å²) in [6.45, 7) is 5.38. The summed E-state index contributed by atoms with van der Waals surface area (Å²) in [6.07, 6.45) is 0. The molecule has 1 aromatic rings.